The van der Waals surface area contributed by atoms with E-state index < -0.39 is 26.6 Å². The van der Waals surface area contributed by atoms with Gasteiger partial charge in [-0.05, 0) is 35.9 Å². The zero-order chi connectivity index (χ0) is 17.9. The van der Waals surface area contributed by atoms with Gasteiger partial charge in [0.25, 0.3) is 0 Å². The van der Waals surface area contributed by atoms with E-state index in [-0.39, 0.29) is 6.54 Å². The molecule has 0 unspecified atom stereocenters. The van der Waals surface area contributed by atoms with Crippen LogP contribution in [0.1, 0.15) is 5.56 Å². The number of hydrogen-bond acceptors (Lipinski definition) is 4. The lowest BCUT2D eigenvalue weighted by Gasteiger charge is -2.11. The highest BCUT2D eigenvalue weighted by atomic mass is 32.2. The van der Waals surface area contributed by atoms with Crippen molar-refractivity contribution >= 4 is 10.0 Å². The summed E-state index contributed by atoms with van der Waals surface area (Å²) in [5.41, 5.74) is 1.89. The van der Waals surface area contributed by atoms with Crippen molar-refractivity contribution in [1.82, 2.24) is 14.7 Å². The van der Waals surface area contributed by atoms with Crippen LogP contribution in [0.5, 0.6) is 0 Å². The van der Waals surface area contributed by atoms with Crippen LogP contribution in [0.2, 0.25) is 0 Å². The topological polar surface area (TPSA) is 72.0 Å². The first kappa shape index (κ1) is 17.1. The van der Waals surface area contributed by atoms with Gasteiger partial charge in [0.2, 0.25) is 10.0 Å². The average Bonchev–Trinajstić information content (AvgIpc) is 2.61. The summed E-state index contributed by atoms with van der Waals surface area (Å²) in [7, 11) is -4.14. The van der Waals surface area contributed by atoms with Crippen molar-refractivity contribution < 1.29 is 17.2 Å². The Kier molecular flexibility index (Phi) is 4.82. The molecule has 128 valence electrons. The summed E-state index contributed by atoms with van der Waals surface area (Å²) >= 11 is 0. The molecule has 0 aliphatic carbocycles. The maximum Gasteiger partial charge on any atom is 0.243 e. The number of benzene rings is 1. The van der Waals surface area contributed by atoms with Gasteiger partial charge in [0.15, 0.2) is 0 Å². The Morgan fingerprint density at radius 2 is 1.84 bits per heavy atom. The number of nitrogens with one attached hydrogen (secondary N) is 1. The first-order chi connectivity index (χ1) is 12.0. The lowest BCUT2D eigenvalue weighted by molar-refractivity contribution is 0.543. The molecule has 0 aliphatic rings. The third-order valence-electron chi connectivity index (χ3n) is 3.46. The third-order valence-corrected chi connectivity index (χ3v) is 4.90. The Labute approximate surface area is 143 Å². The second-order valence-corrected chi connectivity index (χ2v) is 6.89. The van der Waals surface area contributed by atoms with Crippen LogP contribution in [0.4, 0.5) is 8.78 Å². The first-order valence-electron chi connectivity index (χ1n) is 7.26. The van der Waals surface area contributed by atoms with E-state index in [1.807, 2.05) is 0 Å². The van der Waals surface area contributed by atoms with E-state index in [0.29, 0.717) is 17.3 Å². The molecule has 0 bridgehead atoms. The molecule has 25 heavy (non-hydrogen) atoms. The van der Waals surface area contributed by atoms with E-state index >= 15 is 0 Å². The number of nitrogens with zero attached hydrogens (tertiary/aromatic N) is 2. The predicted molar refractivity (Wildman–Crippen MR) is 87.9 cm³/mol. The lowest BCUT2D eigenvalue weighted by Crippen LogP contribution is -2.24. The SMILES string of the molecule is O=S(=O)(NCc1cccnc1-c1cccnc1)c1ccc(F)cc1F. The minimum Gasteiger partial charge on any atom is -0.264 e. The standard InChI is InChI=1S/C17H13F2N3O2S/c18-14-5-6-16(15(19)9-14)25(23,24)22-11-13-4-2-8-21-17(13)12-3-1-7-20-10-12/h1-10,22H,11H2. The molecule has 1 N–H and O–H groups in total. The molecule has 1 aromatic carbocycles. The van der Waals surface area contributed by atoms with E-state index in [1.54, 1.807) is 42.9 Å². The Balaban J connectivity index is 1.87. The van der Waals surface area contributed by atoms with Gasteiger partial charge in [0, 0.05) is 36.8 Å². The van der Waals surface area contributed by atoms with Crippen molar-refractivity contribution in [1.29, 1.82) is 0 Å². The fourth-order valence-corrected chi connectivity index (χ4v) is 3.35. The molecule has 0 saturated carbocycles. The minimum absolute atomic E-state index is 0.1000. The fraction of sp³-hybridized carbons (Fsp3) is 0.0588. The summed E-state index contributed by atoms with van der Waals surface area (Å²) in [6.07, 6.45) is 4.81. The van der Waals surface area contributed by atoms with Crippen LogP contribution in [0.3, 0.4) is 0 Å². The number of halogens is 2. The Hall–Kier alpha value is -2.71. The van der Waals surface area contributed by atoms with E-state index in [9.17, 15) is 17.2 Å². The van der Waals surface area contributed by atoms with Gasteiger partial charge in [-0.25, -0.2) is 21.9 Å². The number of aromatic nitrogens is 2. The fourth-order valence-electron chi connectivity index (χ4n) is 2.29. The zero-order valence-electron chi connectivity index (χ0n) is 12.9. The summed E-state index contributed by atoms with van der Waals surface area (Å²) in [5, 5.41) is 0. The molecule has 3 rings (SSSR count). The molecule has 0 radical (unpaired) electrons. The molecular weight excluding hydrogens is 348 g/mol. The van der Waals surface area contributed by atoms with Gasteiger partial charge in [0.1, 0.15) is 16.5 Å². The van der Waals surface area contributed by atoms with Crippen LogP contribution < -0.4 is 4.72 Å². The van der Waals surface area contributed by atoms with Crippen LogP contribution in [-0.2, 0) is 16.6 Å². The predicted octanol–water partition coefficient (Wildman–Crippen LogP) is 2.90. The second-order valence-electron chi connectivity index (χ2n) is 5.15. The Morgan fingerprint density at radius 3 is 2.56 bits per heavy atom. The van der Waals surface area contributed by atoms with Crippen LogP contribution in [0.15, 0.2) is 66.0 Å². The molecule has 2 aromatic heterocycles. The molecule has 3 aromatic rings. The second kappa shape index (κ2) is 7.04. The van der Waals surface area contributed by atoms with Crippen LogP contribution in [-0.4, -0.2) is 18.4 Å². The highest BCUT2D eigenvalue weighted by Gasteiger charge is 2.20. The highest BCUT2D eigenvalue weighted by Crippen LogP contribution is 2.21. The van der Waals surface area contributed by atoms with Gasteiger partial charge < -0.3 is 0 Å². The minimum atomic E-state index is -4.14. The largest absolute Gasteiger partial charge is 0.264 e. The molecule has 8 heteroatoms. The van der Waals surface area contributed by atoms with E-state index in [0.717, 1.165) is 17.7 Å². The summed E-state index contributed by atoms with van der Waals surface area (Å²) in [5.74, 6) is -1.99. The van der Waals surface area contributed by atoms with E-state index in [4.69, 9.17) is 0 Å². The quantitative estimate of drug-likeness (QED) is 0.758. The smallest absolute Gasteiger partial charge is 0.243 e. The molecule has 0 saturated heterocycles. The first-order valence-corrected chi connectivity index (χ1v) is 8.75. The number of pyridine rings is 2. The van der Waals surface area contributed by atoms with Gasteiger partial charge >= 0.3 is 0 Å². The average molecular weight is 361 g/mol. The number of hydrogen-bond donors (Lipinski definition) is 1. The van der Waals surface area contributed by atoms with Crippen molar-refractivity contribution in [2.75, 3.05) is 0 Å². The summed E-state index contributed by atoms with van der Waals surface area (Å²) in [6, 6.07) is 9.22. The zero-order valence-corrected chi connectivity index (χ0v) is 13.7. The highest BCUT2D eigenvalue weighted by molar-refractivity contribution is 7.89. The Bertz CT molecular complexity index is 996. The van der Waals surface area contributed by atoms with Crippen LogP contribution in [0, 0.1) is 11.6 Å². The maximum atomic E-state index is 13.7. The normalized spacial score (nSPS) is 11.4. The molecule has 2 heterocycles. The van der Waals surface area contributed by atoms with Gasteiger partial charge in [0.05, 0.1) is 5.69 Å². The van der Waals surface area contributed by atoms with Crippen molar-refractivity contribution in [3.63, 3.8) is 0 Å². The van der Waals surface area contributed by atoms with Gasteiger partial charge in [-0.3, -0.25) is 9.97 Å². The monoisotopic (exact) mass is 361 g/mol. The van der Waals surface area contributed by atoms with Gasteiger partial charge in [-0.1, -0.05) is 6.07 Å². The molecule has 0 spiro atoms. The van der Waals surface area contributed by atoms with Crippen molar-refractivity contribution in [2.24, 2.45) is 0 Å². The summed E-state index contributed by atoms with van der Waals surface area (Å²) < 4.78 is 53.6. The lowest BCUT2D eigenvalue weighted by atomic mass is 10.1. The molecular formula is C17H13F2N3O2S. The van der Waals surface area contributed by atoms with E-state index in [2.05, 4.69) is 14.7 Å². The van der Waals surface area contributed by atoms with E-state index in [1.165, 1.54) is 0 Å². The van der Waals surface area contributed by atoms with Crippen molar-refractivity contribution in [3.8, 4) is 11.3 Å². The van der Waals surface area contributed by atoms with Crippen molar-refractivity contribution in [2.45, 2.75) is 11.4 Å². The number of rotatable bonds is 5. The van der Waals surface area contributed by atoms with Crippen LogP contribution >= 0.6 is 0 Å². The summed E-state index contributed by atoms with van der Waals surface area (Å²) in [4.78, 5) is 7.66. The van der Waals surface area contributed by atoms with Gasteiger partial charge in [-0.2, -0.15) is 0 Å². The van der Waals surface area contributed by atoms with Crippen LogP contribution in [0.25, 0.3) is 11.3 Å². The maximum absolute atomic E-state index is 13.7. The molecule has 0 amide bonds. The number of sulfonamides is 1. The molecule has 0 aliphatic heterocycles. The third kappa shape index (κ3) is 3.86. The molecule has 5 nitrogen and oxygen atoms in total. The van der Waals surface area contributed by atoms with Gasteiger partial charge in [-0.15, -0.1) is 0 Å². The van der Waals surface area contributed by atoms with Crippen molar-refractivity contribution in [3.05, 3.63) is 78.3 Å². The molecule has 0 atom stereocenters. The molecule has 0 fully saturated rings. The summed E-state index contributed by atoms with van der Waals surface area (Å²) in [6.45, 7) is -0.1000. The Morgan fingerprint density at radius 1 is 1.04 bits per heavy atom.